The Bertz CT molecular complexity index is 285. The van der Waals surface area contributed by atoms with Gasteiger partial charge in [-0.1, -0.05) is 0 Å². The molecule has 0 fully saturated rings. The third kappa shape index (κ3) is 4.31. The highest BCUT2D eigenvalue weighted by molar-refractivity contribution is 5.36. The van der Waals surface area contributed by atoms with Gasteiger partial charge in [0.15, 0.2) is 0 Å². The van der Waals surface area contributed by atoms with Crippen LogP contribution in [0.3, 0.4) is 0 Å². The minimum Gasteiger partial charge on any atom is -0.383 e. The third-order valence-corrected chi connectivity index (χ3v) is 2.09. The number of rotatable bonds is 7. The molecular weight excluding hydrogens is 192 g/mol. The van der Waals surface area contributed by atoms with Crippen molar-refractivity contribution >= 4 is 5.82 Å². The number of nitrogens with zero attached hydrogens (tertiary/aromatic N) is 2. The van der Waals surface area contributed by atoms with Crippen molar-refractivity contribution < 1.29 is 4.74 Å². The first-order valence-corrected chi connectivity index (χ1v) is 5.18. The SMILES string of the molecule is COCCNCCNc1cc(C)nn1C. The van der Waals surface area contributed by atoms with E-state index in [1.54, 1.807) is 7.11 Å². The molecule has 86 valence electrons. The summed E-state index contributed by atoms with van der Waals surface area (Å²) in [5.74, 6) is 1.06. The molecule has 2 N–H and O–H groups in total. The molecule has 0 radical (unpaired) electrons. The van der Waals surface area contributed by atoms with Crippen LogP contribution in [-0.2, 0) is 11.8 Å². The summed E-state index contributed by atoms with van der Waals surface area (Å²) in [6.45, 7) is 5.45. The molecule has 0 aliphatic heterocycles. The number of aromatic nitrogens is 2. The smallest absolute Gasteiger partial charge is 0.124 e. The van der Waals surface area contributed by atoms with Gasteiger partial charge in [-0.25, -0.2) is 0 Å². The third-order valence-electron chi connectivity index (χ3n) is 2.09. The van der Waals surface area contributed by atoms with Crippen molar-refractivity contribution in [2.75, 3.05) is 38.7 Å². The Kier molecular flexibility index (Phi) is 5.14. The highest BCUT2D eigenvalue weighted by Gasteiger charge is 1.99. The summed E-state index contributed by atoms with van der Waals surface area (Å²) in [7, 11) is 3.64. The number of anilines is 1. The summed E-state index contributed by atoms with van der Waals surface area (Å²) in [6, 6.07) is 2.04. The van der Waals surface area contributed by atoms with Gasteiger partial charge in [0.1, 0.15) is 5.82 Å². The van der Waals surface area contributed by atoms with E-state index in [0.29, 0.717) is 0 Å². The molecule has 0 amide bonds. The molecule has 0 aliphatic rings. The second-order valence-corrected chi connectivity index (χ2v) is 3.46. The second-order valence-electron chi connectivity index (χ2n) is 3.46. The van der Waals surface area contributed by atoms with Gasteiger partial charge in [0.05, 0.1) is 12.3 Å². The van der Waals surface area contributed by atoms with E-state index >= 15 is 0 Å². The highest BCUT2D eigenvalue weighted by atomic mass is 16.5. The average molecular weight is 212 g/mol. The minimum atomic E-state index is 0.755. The maximum Gasteiger partial charge on any atom is 0.124 e. The Hall–Kier alpha value is -1.07. The molecule has 0 spiro atoms. The van der Waals surface area contributed by atoms with Crippen molar-refractivity contribution in [2.24, 2.45) is 7.05 Å². The maximum absolute atomic E-state index is 4.93. The van der Waals surface area contributed by atoms with E-state index in [-0.39, 0.29) is 0 Å². The van der Waals surface area contributed by atoms with Crippen LogP contribution in [0.1, 0.15) is 5.69 Å². The summed E-state index contributed by atoms with van der Waals surface area (Å²) in [6.07, 6.45) is 0. The van der Waals surface area contributed by atoms with Crippen LogP contribution in [0.4, 0.5) is 5.82 Å². The Morgan fingerprint density at radius 2 is 2.20 bits per heavy atom. The van der Waals surface area contributed by atoms with Crippen molar-refractivity contribution in [3.05, 3.63) is 11.8 Å². The molecular formula is C10H20N4O. The lowest BCUT2D eigenvalue weighted by atomic mass is 10.4. The van der Waals surface area contributed by atoms with E-state index < -0.39 is 0 Å². The van der Waals surface area contributed by atoms with Crippen LogP contribution in [0.15, 0.2) is 6.07 Å². The van der Waals surface area contributed by atoms with Crippen LogP contribution in [-0.4, -0.2) is 43.1 Å². The van der Waals surface area contributed by atoms with E-state index in [1.165, 1.54) is 0 Å². The lowest BCUT2D eigenvalue weighted by Gasteiger charge is -2.07. The largest absolute Gasteiger partial charge is 0.383 e. The number of ether oxygens (including phenoxy) is 1. The van der Waals surface area contributed by atoms with Crippen molar-refractivity contribution in [2.45, 2.75) is 6.92 Å². The lowest BCUT2D eigenvalue weighted by molar-refractivity contribution is 0.200. The Labute approximate surface area is 90.8 Å². The number of nitrogens with one attached hydrogen (secondary N) is 2. The number of methoxy groups -OCH3 is 1. The van der Waals surface area contributed by atoms with E-state index in [0.717, 1.165) is 37.8 Å². The number of hydrogen-bond donors (Lipinski definition) is 2. The monoisotopic (exact) mass is 212 g/mol. The molecule has 1 aromatic heterocycles. The van der Waals surface area contributed by atoms with Crippen molar-refractivity contribution in [3.8, 4) is 0 Å². The Morgan fingerprint density at radius 1 is 1.40 bits per heavy atom. The van der Waals surface area contributed by atoms with Gasteiger partial charge in [0.2, 0.25) is 0 Å². The van der Waals surface area contributed by atoms with Crippen LogP contribution in [0, 0.1) is 6.92 Å². The number of hydrogen-bond acceptors (Lipinski definition) is 4. The molecule has 0 saturated heterocycles. The summed E-state index contributed by atoms with van der Waals surface area (Å²) >= 11 is 0. The van der Waals surface area contributed by atoms with Crippen LogP contribution < -0.4 is 10.6 Å². The first kappa shape index (κ1) is 12.0. The van der Waals surface area contributed by atoms with Gasteiger partial charge in [-0.05, 0) is 6.92 Å². The number of aryl methyl sites for hydroxylation is 2. The van der Waals surface area contributed by atoms with Gasteiger partial charge < -0.3 is 15.4 Å². The molecule has 1 aromatic rings. The predicted octanol–water partition coefficient (Wildman–Crippen LogP) is 0.376. The second kappa shape index (κ2) is 6.42. The summed E-state index contributed by atoms with van der Waals surface area (Å²) in [4.78, 5) is 0. The standard InChI is InChI=1S/C10H20N4O/c1-9-8-10(14(2)13-9)12-5-4-11-6-7-15-3/h8,11-12H,4-7H2,1-3H3. The zero-order valence-electron chi connectivity index (χ0n) is 9.71. The zero-order valence-corrected chi connectivity index (χ0v) is 9.71. The maximum atomic E-state index is 4.93. The molecule has 1 heterocycles. The summed E-state index contributed by atoms with van der Waals surface area (Å²) in [5, 5.41) is 10.8. The average Bonchev–Trinajstić information content (AvgIpc) is 2.51. The molecule has 0 aliphatic carbocycles. The van der Waals surface area contributed by atoms with Gasteiger partial charge in [-0.15, -0.1) is 0 Å². The lowest BCUT2D eigenvalue weighted by Crippen LogP contribution is -2.25. The van der Waals surface area contributed by atoms with Crippen molar-refractivity contribution in [1.29, 1.82) is 0 Å². The molecule has 5 heteroatoms. The van der Waals surface area contributed by atoms with Crippen LogP contribution in [0.5, 0.6) is 0 Å². The van der Waals surface area contributed by atoms with E-state index in [1.807, 2.05) is 24.7 Å². The van der Waals surface area contributed by atoms with E-state index in [9.17, 15) is 0 Å². The summed E-state index contributed by atoms with van der Waals surface area (Å²) < 4.78 is 6.78. The Morgan fingerprint density at radius 3 is 2.80 bits per heavy atom. The molecule has 0 atom stereocenters. The molecule has 0 aromatic carbocycles. The van der Waals surface area contributed by atoms with Gasteiger partial charge in [-0.3, -0.25) is 4.68 Å². The van der Waals surface area contributed by atoms with E-state index in [4.69, 9.17) is 4.74 Å². The Balaban J connectivity index is 2.12. The molecule has 0 bridgehead atoms. The van der Waals surface area contributed by atoms with Crippen molar-refractivity contribution in [1.82, 2.24) is 15.1 Å². The molecule has 15 heavy (non-hydrogen) atoms. The van der Waals surface area contributed by atoms with Crippen molar-refractivity contribution in [3.63, 3.8) is 0 Å². The predicted molar refractivity (Wildman–Crippen MR) is 61.2 cm³/mol. The fourth-order valence-corrected chi connectivity index (χ4v) is 1.35. The fraction of sp³-hybridized carbons (Fsp3) is 0.700. The topological polar surface area (TPSA) is 51.1 Å². The normalized spacial score (nSPS) is 10.6. The van der Waals surface area contributed by atoms with Gasteiger partial charge in [-0.2, -0.15) is 5.10 Å². The molecule has 1 rings (SSSR count). The first-order chi connectivity index (χ1) is 7.24. The van der Waals surface area contributed by atoms with Crippen LogP contribution in [0.2, 0.25) is 0 Å². The fourth-order valence-electron chi connectivity index (χ4n) is 1.35. The van der Waals surface area contributed by atoms with Gasteiger partial charge >= 0.3 is 0 Å². The molecule has 5 nitrogen and oxygen atoms in total. The highest BCUT2D eigenvalue weighted by Crippen LogP contribution is 2.06. The van der Waals surface area contributed by atoms with E-state index in [2.05, 4.69) is 15.7 Å². The van der Waals surface area contributed by atoms with Crippen LogP contribution >= 0.6 is 0 Å². The van der Waals surface area contributed by atoms with Gasteiger partial charge in [0, 0.05) is 39.9 Å². The first-order valence-electron chi connectivity index (χ1n) is 5.18. The van der Waals surface area contributed by atoms with Crippen LogP contribution in [0.25, 0.3) is 0 Å². The quantitative estimate of drug-likeness (QED) is 0.641. The minimum absolute atomic E-state index is 0.755. The molecule has 0 saturated carbocycles. The van der Waals surface area contributed by atoms with Gasteiger partial charge in [0.25, 0.3) is 0 Å². The zero-order chi connectivity index (χ0) is 11.1. The summed E-state index contributed by atoms with van der Waals surface area (Å²) in [5.41, 5.74) is 1.03. The molecule has 0 unspecified atom stereocenters.